The lowest BCUT2D eigenvalue weighted by atomic mass is 9.68. The maximum absolute atomic E-state index is 12.2. The van der Waals surface area contributed by atoms with E-state index < -0.39 is 0 Å². The lowest BCUT2D eigenvalue weighted by Crippen LogP contribution is -2.25. The van der Waals surface area contributed by atoms with E-state index in [9.17, 15) is 4.39 Å². The van der Waals surface area contributed by atoms with E-state index in [1.165, 1.54) is 56.9 Å². The molecule has 0 amide bonds. The van der Waals surface area contributed by atoms with Crippen LogP contribution in [0.4, 0.5) is 4.39 Å². The van der Waals surface area contributed by atoms with Gasteiger partial charge in [-0.05, 0) is 99.0 Å². The smallest absolute Gasteiger partial charge is 0.0827 e. The molecule has 0 unspecified atom stereocenters. The first-order chi connectivity index (χ1) is 11.8. The molecule has 0 spiro atoms. The van der Waals surface area contributed by atoms with Gasteiger partial charge in [-0.15, -0.1) is 0 Å². The van der Waals surface area contributed by atoms with Crippen molar-refractivity contribution in [3.05, 3.63) is 47.8 Å². The second-order valence-corrected chi connectivity index (χ2v) is 8.09. The quantitative estimate of drug-likeness (QED) is 0.536. The summed E-state index contributed by atoms with van der Waals surface area (Å²) in [5, 5.41) is 0. The Hall–Kier alpha value is -1.11. The molecule has 132 valence electrons. The Morgan fingerprint density at radius 3 is 2.00 bits per heavy atom. The Balaban J connectivity index is 1.45. The normalized spacial score (nSPS) is 31.4. The number of allylic oxidation sites excluding steroid dienone is 1. The summed E-state index contributed by atoms with van der Waals surface area (Å²) in [5.74, 6) is 3.42. The zero-order valence-electron chi connectivity index (χ0n) is 15.2. The van der Waals surface area contributed by atoms with Crippen LogP contribution in [0.1, 0.15) is 81.8 Å². The Bertz CT molecular complexity index is 499. The van der Waals surface area contributed by atoms with E-state index in [2.05, 4.69) is 31.2 Å². The molecule has 0 aromatic heterocycles. The van der Waals surface area contributed by atoms with Crippen molar-refractivity contribution in [3.8, 4) is 0 Å². The molecule has 0 aliphatic heterocycles. The fraction of sp³-hybridized carbons (Fsp3) is 0.652. The van der Waals surface area contributed by atoms with Crippen molar-refractivity contribution in [2.24, 2.45) is 17.8 Å². The van der Waals surface area contributed by atoms with E-state index >= 15 is 0 Å². The van der Waals surface area contributed by atoms with Gasteiger partial charge in [0.1, 0.15) is 0 Å². The van der Waals surface area contributed by atoms with Crippen molar-refractivity contribution < 1.29 is 4.39 Å². The van der Waals surface area contributed by atoms with Crippen LogP contribution in [0.15, 0.2) is 36.7 Å². The van der Waals surface area contributed by atoms with Crippen LogP contribution in [-0.2, 0) is 6.42 Å². The molecule has 2 fully saturated rings. The standard InChI is InChI=1S/C23H33F/c1-2-18-5-9-20(10-6-18)22-13-15-23(16-14-22)21-11-7-19(8-12-21)4-3-17-24/h3,5-6,9-10,17,19,21-23H,2,4,7-8,11-16H2,1H3/b17-3+/t19-,21-,22-,23-. The van der Waals surface area contributed by atoms with Crippen LogP contribution in [0.2, 0.25) is 0 Å². The Morgan fingerprint density at radius 2 is 1.46 bits per heavy atom. The highest BCUT2D eigenvalue weighted by atomic mass is 19.1. The van der Waals surface area contributed by atoms with Crippen molar-refractivity contribution >= 4 is 0 Å². The number of aryl methyl sites for hydroxylation is 1. The number of halogens is 1. The van der Waals surface area contributed by atoms with E-state index in [0.29, 0.717) is 0 Å². The van der Waals surface area contributed by atoms with Crippen molar-refractivity contribution in [1.29, 1.82) is 0 Å². The zero-order chi connectivity index (χ0) is 16.8. The first-order valence-electron chi connectivity index (χ1n) is 10.1. The third-order valence-electron chi connectivity index (χ3n) is 6.75. The highest BCUT2D eigenvalue weighted by Crippen LogP contribution is 2.44. The maximum atomic E-state index is 12.2. The summed E-state index contributed by atoms with van der Waals surface area (Å²) < 4.78 is 12.2. The lowest BCUT2D eigenvalue weighted by Gasteiger charge is -2.38. The molecule has 1 aromatic rings. The van der Waals surface area contributed by atoms with Crippen LogP contribution in [0.5, 0.6) is 0 Å². The average Bonchev–Trinajstić information content (AvgIpc) is 2.67. The highest BCUT2D eigenvalue weighted by molar-refractivity contribution is 5.25. The highest BCUT2D eigenvalue weighted by Gasteiger charge is 2.30. The van der Waals surface area contributed by atoms with Crippen LogP contribution < -0.4 is 0 Å². The summed E-state index contributed by atoms with van der Waals surface area (Å²) in [6.45, 7) is 2.23. The van der Waals surface area contributed by atoms with Crippen molar-refractivity contribution in [3.63, 3.8) is 0 Å². The van der Waals surface area contributed by atoms with Gasteiger partial charge in [0.05, 0.1) is 6.33 Å². The molecule has 0 radical (unpaired) electrons. The molecule has 3 rings (SSSR count). The van der Waals surface area contributed by atoms with Crippen LogP contribution in [0.3, 0.4) is 0 Å². The van der Waals surface area contributed by atoms with Gasteiger partial charge in [0, 0.05) is 0 Å². The molecule has 24 heavy (non-hydrogen) atoms. The summed E-state index contributed by atoms with van der Waals surface area (Å²) in [5.41, 5.74) is 3.01. The minimum absolute atomic E-state index is 0.723. The SMILES string of the molecule is CCc1ccc([C@H]2CC[C@H]([C@H]3CC[C@H](C/C=C/F)CC3)CC2)cc1. The maximum Gasteiger partial charge on any atom is 0.0827 e. The Labute approximate surface area is 147 Å². The van der Waals surface area contributed by atoms with Crippen molar-refractivity contribution in [1.82, 2.24) is 0 Å². The predicted octanol–water partition coefficient (Wildman–Crippen LogP) is 7.20. The van der Waals surface area contributed by atoms with Gasteiger partial charge in [0.2, 0.25) is 0 Å². The molecule has 0 saturated heterocycles. The average molecular weight is 329 g/mol. The van der Waals surface area contributed by atoms with E-state index in [0.717, 1.165) is 42.8 Å². The molecule has 0 bridgehead atoms. The van der Waals surface area contributed by atoms with Gasteiger partial charge in [0.25, 0.3) is 0 Å². The van der Waals surface area contributed by atoms with Gasteiger partial charge in [0.15, 0.2) is 0 Å². The number of hydrogen-bond donors (Lipinski definition) is 0. The largest absolute Gasteiger partial charge is 0.216 e. The van der Waals surface area contributed by atoms with Gasteiger partial charge in [-0.2, -0.15) is 0 Å². The minimum Gasteiger partial charge on any atom is -0.216 e. The van der Waals surface area contributed by atoms with Gasteiger partial charge in [-0.1, -0.05) is 37.3 Å². The van der Waals surface area contributed by atoms with Crippen LogP contribution in [-0.4, -0.2) is 0 Å². The third kappa shape index (κ3) is 4.49. The van der Waals surface area contributed by atoms with Gasteiger partial charge >= 0.3 is 0 Å². The molecule has 0 N–H and O–H groups in total. The third-order valence-corrected chi connectivity index (χ3v) is 6.75. The van der Waals surface area contributed by atoms with E-state index in [1.807, 2.05) is 0 Å². The summed E-state index contributed by atoms with van der Waals surface area (Å²) in [6.07, 6.45) is 15.5. The first kappa shape index (κ1) is 17.7. The molecule has 2 aliphatic carbocycles. The predicted molar refractivity (Wildman–Crippen MR) is 101 cm³/mol. The second kappa shape index (κ2) is 8.83. The molecule has 2 saturated carbocycles. The van der Waals surface area contributed by atoms with Crippen LogP contribution in [0, 0.1) is 17.8 Å². The lowest BCUT2D eigenvalue weighted by molar-refractivity contribution is 0.160. The number of rotatable bonds is 5. The molecule has 1 aromatic carbocycles. The molecular formula is C23H33F. The Morgan fingerprint density at radius 1 is 0.875 bits per heavy atom. The van der Waals surface area contributed by atoms with Crippen molar-refractivity contribution in [2.75, 3.05) is 0 Å². The van der Waals surface area contributed by atoms with E-state index in [4.69, 9.17) is 0 Å². The summed E-state index contributed by atoms with van der Waals surface area (Å²) in [4.78, 5) is 0. The molecule has 1 heteroatoms. The second-order valence-electron chi connectivity index (χ2n) is 8.09. The van der Waals surface area contributed by atoms with E-state index in [1.54, 1.807) is 11.6 Å². The summed E-state index contributed by atoms with van der Waals surface area (Å²) >= 11 is 0. The van der Waals surface area contributed by atoms with Gasteiger partial charge < -0.3 is 0 Å². The molecule has 0 nitrogen and oxygen atoms in total. The number of benzene rings is 1. The summed E-state index contributed by atoms with van der Waals surface area (Å²) in [7, 11) is 0. The molecule has 0 atom stereocenters. The molecule has 2 aliphatic rings. The number of hydrogen-bond acceptors (Lipinski definition) is 0. The molecule has 0 heterocycles. The first-order valence-corrected chi connectivity index (χ1v) is 10.1. The van der Waals surface area contributed by atoms with Crippen molar-refractivity contribution in [2.45, 2.75) is 77.0 Å². The minimum atomic E-state index is 0.723. The fourth-order valence-electron chi connectivity index (χ4n) is 5.09. The zero-order valence-corrected chi connectivity index (χ0v) is 15.2. The molecular weight excluding hydrogens is 295 g/mol. The topological polar surface area (TPSA) is 0 Å². The van der Waals surface area contributed by atoms with Crippen LogP contribution >= 0.6 is 0 Å². The van der Waals surface area contributed by atoms with Gasteiger partial charge in [-0.25, -0.2) is 4.39 Å². The summed E-state index contributed by atoms with van der Waals surface area (Å²) in [6, 6.07) is 9.37. The fourth-order valence-corrected chi connectivity index (χ4v) is 5.09. The van der Waals surface area contributed by atoms with E-state index in [-0.39, 0.29) is 0 Å². The Kier molecular flexibility index (Phi) is 6.51. The monoisotopic (exact) mass is 328 g/mol. The van der Waals surface area contributed by atoms with Gasteiger partial charge in [-0.3, -0.25) is 0 Å². The van der Waals surface area contributed by atoms with Crippen LogP contribution in [0.25, 0.3) is 0 Å².